The van der Waals surface area contributed by atoms with Crippen molar-refractivity contribution in [3.05, 3.63) is 71.6 Å². The molecule has 4 aromatic rings. The molecule has 1 saturated heterocycles. The van der Waals surface area contributed by atoms with Gasteiger partial charge in [-0.1, -0.05) is 12.5 Å². The average molecular weight is 511 g/mol. The lowest BCUT2D eigenvalue weighted by Crippen LogP contribution is -2.50. The number of hydrogen-bond donors (Lipinski definition) is 1. The van der Waals surface area contributed by atoms with Crippen LogP contribution in [-0.2, 0) is 17.8 Å². The fourth-order valence-electron chi connectivity index (χ4n) is 5.44. The van der Waals surface area contributed by atoms with Crippen molar-refractivity contribution in [2.75, 3.05) is 33.3 Å². The topological polar surface area (TPSA) is 87.2 Å². The predicted octanol–water partition coefficient (Wildman–Crippen LogP) is 4.37. The molecule has 0 radical (unpaired) electrons. The monoisotopic (exact) mass is 510 g/mol. The van der Waals surface area contributed by atoms with E-state index in [9.17, 15) is 4.79 Å². The number of benzene rings is 1. The van der Waals surface area contributed by atoms with E-state index < -0.39 is 0 Å². The van der Waals surface area contributed by atoms with Gasteiger partial charge in [-0.05, 0) is 61.2 Å². The van der Waals surface area contributed by atoms with Gasteiger partial charge in [0.1, 0.15) is 11.6 Å². The number of carbonyl (C=O) groups is 1. The van der Waals surface area contributed by atoms with Crippen LogP contribution in [0, 0.1) is 12.8 Å². The van der Waals surface area contributed by atoms with Gasteiger partial charge >= 0.3 is 0 Å². The SMILES string of the molecule is COc1cnc(C)cc1-c1ccc2nc(Cc3cc(CN4CCN(C(=O)C5CCC5)CC4)ccn3)[nH]c2c1. The fourth-order valence-corrected chi connectivity index (χ4v) is 5.44. The Morgan fingerprint density at radius 3 is 2.68 bits per heavy atom. The van der Waals surface area contributed by atoms with Crippen molar-refractivity contribution in [3.8, 4) is 16.9 Å². The van der Waals surface area contributed by atoms with E-state index >= 15 is 0 Å². The molecule has 6 rings (SSSR count). The molecule has 1 aromatic carbocycles. The van der Waals surface area contributed by atoms with Gasteiger partial charge in [0.25, 0.3) is 0 Å². The molecule has 196 valence electrons. The molecule has 1 saturated carbocycles. The zero-order valence-corrected chi connectivity index (χ0v) is 22.1. The summed E-state index contributed by atoms with van der Waals surface area (Å²) in [5.41, 5.74) is 7.17. The number of imidazole rings is 1. The van der Waals surface area contributed by atoms with Crippen molar-refractivity contribution in [2.45, 2.75) is 39.2 Å². The molecule has 1 amide bonds. The van der Waals surface area contributed by atoms with E-state index in [1.807, 2.05) is 25.3 Å². The van der Waals surface area contributed by atoms with E-state index in [-0.39, 0.29) is 5.92 Å². The highest BCUT2D eigenvalue weighted by molar-refractivity contribution is 5.83. The van der Waals surface area contributed by atoms with Crippen LogP contribution in [0.3, 0.4) is 0 Å². The Morgan fingerprint density at radius 2 is 1.92 bits per heavy atom. The second-order valence-electron chi connectivity index (χ2n) is 10.5. The first-order valence-corrected chi connectivity index (χ1v) is 13.5. The summed E-state index contributed by atoms with van der Waals surface area (Å²) in [6, 6.07) is 12.5. The maximum atomic E-state index is 12.5. The molecule has 4 heterocycles. The molecule has 2 fully saturated rings. The summed E-state index contributed by atoms with van der Waals surface area (Å²) in [6.07, 6.45) is 7.64. The van der Waals surface area contributed by atoms with Gasteiger partial charge in [-0.3, -0.25) is 19.7 Å². The lowest BCUT2D eigenvalue weighted by Gasteiger charge is -2.38. The minimum atomic E-state index is 0.289. The van der Waals surface area contributed by atoms with Crippen molar-refractivity contribution >= 4 is 16.9 Å². The molecule has 0 bridgehead atoms. The zero-order valence-electron chi connectivity index (χ0n) is 22.1. The highest BCUT2D eigenvalue weighted by Gasteiger charge is 2.31. The van der Waals surface area contributed by atoms with E-state index in [0.717, 1.165) is 90.7 Å². The molecule has 3 aromatic heterocycles. The Hall–Kier alpha value is -3.78. The fraction of sp³-hybridized carbons (Fsp3) is 0.400. The van der Waals surface area contributed by atoms with Gasteiger partial charge in [-0.15, -0.1) is 0 Å². The van der Waals surface area contributed by atoms with Crippen molar-refractivity contribution in [2.24, 2.45) is 5.92 Å². The first-order valence-electron chi connectivity index (χ1n) is 13.5. The number of aromatic amines is 1. The van der Waals surface area contributed by atoms with Crippen LogP contribution in [-0.4, -0.2) is 68.9 Å². The molecule has 0 unspecified atom stereocenters. The molecule has 1 N–H and O–H groups in total. The number of aryl methyl sites for hydroxylation is 1. The number of aromatic nitrogens is 4. The second-order valence-corrected chi connectivity index (χ2v) is 10.5. The summed E-state index contributed by atoms with van der Waals surface area (Å²) >= 11 is 0. The summed E-state index contributed by atoms with van der Waals surface area (Å²) in [4.78, 5) is 34.3. The van der Waals surface area contributed by atoms with Crippen LogP contribution in [0.2, 0.25) is 0 Å². The highest BCUT2D eigenvalue weighted by atomic mass is 16.5. The summed E-state index contributed by atoms with van der Waals surface area (Å²) < 4.78 is 5.53. The van der Waals surface area contributed by atoms with Crippen LogP contribution in [0.4, 0.5) is 0 Å². The Kier molecular flexibility index (Phi) is 6.81. The number of hydrogen-bond acceptors (Lipinski definition) is 6. The number of methoxy groups -OCH3 is 1. The van der Waals surface area contributed by atoms with Gasteiger partial charge < -0.3 is 14.6 Å². The maximum absolute atomic E-state index is 12.5. The van der Waals surface area contributed by atoms with E-state index in [4.69, 9.17) is 9.72 Å². The highest BCUT2D eigenvalue weighted by Crippen LogP contribution is 2.32. The Bertz CT molecular complexity index is 1450. The molecule has 8 heteroatoms. The molecule has 0 spiro atoms. The smallest absolute Gasteiger partial charge is 0.225 e. The van der Waals surface area contributed by atoms with Crippen LogP contribution in [0.15, 0.2) is 48.8 Å². The number of amides is 1. The van der Waals surface area contributed by atoms with E-state index in [0.29, 0.717) is 12.3 Å². The standard InChI is InChI=1S/C30H34N6O2/c1-20-14-25(28(38-2)18-32-20)23-6-7-26-27(16-23)34-29(33-26)17-24-15-21(8-9-31-24)19-35-10-12-36(13-11-35)30(37)22-4-3-5-22/h6-9,14-16,18,22H,3-5,10-13,17,19H2,1-2H3,(H,33,34). The number of nitrogens with zero attached hydrogens (tertiary/aromatic N) is 5. The maximum Gasteiger partial charge on any atom is 0.225 e. The number of ether oxygens (including phenoxy) is 1. The summed E-state index contributed by atoms with van der Waals surface area (Å²) in [7, 11) is 1.67. The van der Waals surface area contributed by atoms with Gasteiger partial charge in [-0.2, -0.15) is 0 Å². The Labute approximate surface area is 223 Å². The van der Waals surface area contributed by atoms with Gasteiger partial charge in [0, 0.05) is 68.2 Å². The van der Waals surface area contributed by atoms with Crippen molar-refractivity contribution in [1.82, 2.24) is 29.7 Å². The molecule has 8 nitrogen and oxygen atoms in total. The Morgan fingerprint density at radius 1 is 1.08 bits per heavy atom. The summed E-state index contributed by atoms with van der Waals surface area (Å²) in [6.45, 7) is 6.36. The quantitative estimate of drug-likeness (QED) is 0.397. The van der Waals surface area contributed by atoms with E-state index in [2.05, 4.69) is 49.0 Å². The van der Waals surface area contributed by atoms with Gasteiger partial charge in [0.2, 0.25) is 5.91 Å². The van der Waals surface area contributed by atoms with Crippen LogP contribution < -0.4 is 4.74 Å². The number of H-pyrrole nitrogens is 1. The van der Waals surface area contributed by atoms with Crippen LogP contribution in [0.1, 0.15) is 42.0 Å². The lowest BCUT2D eigenvalue weighted by molar-refractivity contribution is -0.140. The van der Waals surface area contributed by atoms with Gasteiger partial charge in [0.15, 0.2) is 0 Å². The number of carbonyl (C=O) groups excluding carboxylic acids is 1. The van der Waals surface area contributed by atoms with Crippen molar-refractivity contribution in [1.29, 1.82) is 0 Å². The number of piperazine rings is 1. The number of pyridine rings is 2. The number of rotatable bonds is 7. The minimum absolute atomic E-state index is 0.289. The molecular weight excluding hydrogens is 476 g/mol. The third-order valence-electron chi connectivity index (χ3n) is 7.84. The first-order chi connectivity index (χ1) is 18.6. The average Bonchev–Trinajstić information content (AvgIpc) is 3.29. The molecular formula is C30H34N6O2. The van der Waals surface area contributed by atoms with E-state index in [1.54, 1.807) is 13.3 Å². The molecule has 38 heavy (non-hydrogen) atoms. The number of fused-ring (bicyclic) bond motifs is 1. The van der Waals surface area contributed by atoms with Crippen molar-refractivity contribution in [3.63, 3.8) is 0 Å². The van der Waals surface area contributed by atoms with Gasteiger partial charge in [0.05, 0.1) is 24.3 Å². The number of nitrogens with one attached hydrogen (secondary N) is 1. The third-order valence-corrected chi connectivity index (χ3v) is 7.84. The Balaban J connectivity index is 1.11. The summed E-state index contributed by atoms with van der Waals surface area (Å²) in [5.74, 6) is 2.30. The van der Waals surface area contributed by atoms with Gasteiger partial charge in [-0.25, -0.2) is 4.98 Å². The predicted molar refractivity (Wildman–Crippen MR) is 147 cm³/mol. The van der Waals surface area contributed by atoms with Crippen LogP contribution in [0.25, 0.3) is 22.2 Å². The normalized spacial score (nSPS) is 16.5. The third kappa shape index (κ3) is 5.13. The lowest BCUT2D eigenvalue weighted by atomic mass is 9.84. The van der Waals surface area contributed by atoms with Crippen LogP contribution >= 0.6 is 0 Å². The van der Waals surface area contributed by atoms with Crippen molar-refractivity contribution < 1.29 is 9.53 Å². The molecule has 2 aliphatic rings. The largest absolute Gasteiger partial charge is 0.494 e. The van der Waals surface area contributed by atoms with E-state index in [1.165, 1.54) is 12.0 Å². The zero-order chi connectivity index (χ0) is 26.1. The minimum Gasteiger partial charge on any atom is -0.494 e. The molecule has 1 aliphatic carbocycles. The molecule has 0 atom stereocenters. The van der Waals surface area contributed by atoms with Crippen LogP contribution in [0.5, 0.6) is 5.75 Å². The first kappa shape index (κ1) is 24.6. The summed E-state index contributed by atoms with van der Waals surface area (Å²) in [5, 5.41) is 0. The second kappa shape index (κ2) is 10.5. The molecule has 1 aliphatic heterocycles.